The highest BCUT2D eigenvalue weighted by atomic mass is 16.1. The minimum atomic E-state index is -0.0420. The van der Waals surface area contributed by atoms with E-state index in [-0.39, 0.29) is 5.56 Å². The van der Waals surface area contributed by atoms with E-state index < -0.39 is 0 Å². The van der Waals surface area contributed by atoms with Crippen LogP contribution in [0.5, 0.6) is 0 Å². The second-order valence-corrected chi connectivity index (χ2v) is 4.68. The van der Waals surface area contributed by atoms with Crippen LogP contribution in [0.2, 0.25) is 0 Å². The summed E-state index contributed by atoms with van der Waals surface area (Å²) in [5.41, 5.74) is 2.23. The molecule has 0 atom stereocenters. The van der Waals surface area contributed by atoms with Crippen molar-refractivity contribution in [3.05, 3.63) is 76.2 Å². The maximum Gasteiger partial charge on any atom is 0.274 e. The molecule has 0 saturated heterocycles. The summed E-state index contributed by atoms with van der Waals surface area (Å²) in [6.45, 7) is 2.55. The zero-order chi connectivity index (χ0) is 13.2. The van der Waals surface area contributed by atoms with Crippen LogP contribution in [-0.2, 0) is 6.54 Å². The zero-order valence-corrected chi connectivity index (χ0v) is 10.7. The number of hydrogen-bond acceptors (Lipinski definition) is 2. The molecule has 0 aliphatic carbocycles. The van der Waals surface area contributed by atoms with Crippen LogP contribution in [0.3, 0.4) is 0 Å². The van der Waals surface area contributed by atoms with Gasteiger partial charge in [-0.3, -0.25) is 4.79 Å². The number of nitrogens with zero attached hydrogens (tertiary/aromatic N) is 2. The number of benzene rings is 2. The van der Waals surface area contributed by atoms with E-state index in [1.54, 1.807) is 6.20 Å². The van der Waals surface area contributed by atoms with Crippen molar-refractivity contribution in [3.63, 3.8) is 0 Å². The van der Waals surface area contributed by atoms with E-state index in [1.807, 2.05) is 49.4 Å². The van der Waals surface area contributed by atoms with Gasteiger partial charge in [0.1, 0.15) is 0 Å². The lowest BCUT2D eigenvalue weighted by Gasteiger charge is -2.06. The lowest BCUT2D eigenvalue weighted by Crippen LogP contribution is -2.23. The molecule has 0 bridgehead atoms. The first-order valence-electron chi connectivity index (χ1n) is 6.24. The van der Waals surface area contributed by atoms with Gasteiger partial charge < -0.3 is 0 Å². The van der Waals surface area contributed by atoms with E-state index in [4.69, 9.17) is 0 Å². The summed E-state index contributed by atoms with van der Waals surface area (Å²) in [7, 11) is 0. The van der Waals surface area contributed by atoms with Gasteiger partial charge in [0.05, 0.1) is 18.1 Å². The third-order valence-electron chi connectivity index (χ3n) is 3.18. The van der Waals surface area contributed by atoms with Crippen molar-refractivity contribution in [2.24, 2.45) is 0 Å². The molecule has 1 aromatic heterocycles. The minimum absolute atomic E-state index is 0.0420. The van der Waals surface area contributed by atoms with Gasteiger partial charge in [-0.1, -0.05) is 48.0 Å². The maximum absolute atomic E-state index is 12.3. The molecule has 3 heteroatoms. The predicted molar refractivity (Wildman–Crippen MR) is 76.3 cm³/mol. The standard InChI is InChI=1S/C16H14N2O/c1-12-5-4-6-13(9-12)11-18-16(19)15-8-3-2-7-14(15)10-17-18/h2-10H,11H2,1H3. The van der Waals surface area contributed by atoms with E-state index in [9.17, 15) is 4.79 Å². The van der Waals surface area contributed by atoms with E-state index in [0.717, 1.165) is 10.9 Å². The summed E-state index contributed by atoms with van der Waals surface area (Å²) in [6.07, 6.45) is 1.74. The molecule has 0 fully saturated rings. The summed E-state index contributed by atoms with van der Waals surface area (Å²) in [5, 5.41) is 5.83. The fraction of sp³-hybridized carbons (Fsp3) is 0.125. The highest BCUT2D eigenvalue weighted by Crippen LogP contribution is 2.08. The van der Waals surface area contributed by atoms with Crippen molar-refractivity contribution in [2.75, 3.05) is 0 Å². The average Bonchev–Trinajstić information content (AvgIpc) is 2.42. The molecule has 19 heavy (non-hydrogen) atoms. The van der Waals surface area contributed by atoms with Crippen LogP contribution in [0.15, 0.2) is 59.5 Å². The smallest absolute Gasteiger partial charge is 0.267 e. The van der Waals surface area contributed by atoms with Crippen LogP contribution in [0.4, 0.5) is 0 Å². The lowest BCUT2D eigenvalue weighted by atomic mass is 10.1. The van der Waals surface area contributed by atoms with E-state index in [0.29, 0.717) is 11.9 Å². The SMILES string of the molecule is Cc1cccc(Cn2ncc3ccccc3c2=O)c1. The summed E-state index contributed by atoms with van der Waals surface area (Å²) in [5.74, 6) is 0. The number of hydrogen-bond donors (Lipinski definition) is 0. The molecule has 3 rings (SSSR count). The molecule has 1 heterocycles. The second-order valence-electron chi connectivity index (χ2n) is 4.68. The normalized spacial score (nSPS) is 10.8. The maximum atomic E-state index is 12.3. The molecule has 0 N–H and O–H groups in total. The van der Waals surface area contributed by atoms with Crippen LogP contribution >= 0.6 is 0 Å². The zero-order valence-electron chi connectivity index (χ0n) is 10.7. The highest BCUT2D eigenvalue weighted by Gasteiger charge is 2.04. The van der Waals surface area contributed by atoms with Crippen LogP contribution in [0.1, 0.15) is 11.1 Å². The number of rotatable bonds is 2. The Morgan fingerprint density at radius 2 is 1.95 bits per heavy atom. The molecular formula is C16H14N2O. The fourth-order valence-electron chi connectivity index (χ4n) is 2.22. The number of aromatic nitrogens is 2. The van der Waals surface area contributed by atoms with Gasteiger partial charge >= 0.3 is 0 Å². The van der Waals surface area contributed by atoms with Gasteiger partial charge in [-0.15, -0.1) is 0 Å². The molecule has 3 aromatic rings. The molecule has 0 saturated carbocycles. The van der Waals surface area contributed by atoms with Gasteiger partial charge in [-0.2, -0.15) is 5.10 Å². The first-order valence-corrected chi connectivity index (χ1v) is 6.24. The predicted octanol–water partition coefficient (Wildman–Crippen LogP) is 2.75. The fourth-order valence-corrected chi connectivity index (χ4v) is 2.22. The Morgan fingerprint density at radius 3 is 2.79 bits per heavy atom. The van der Waals surface area contributed by atoms with E-state index >= 15 is 0 Å². The molecular weight excluding hydrogens is 236 g/mol. The van der Waals surface area contributed by atoms with Crippen molar-refractivity contribution >= 4 is 10.8 Å². The van der Waals surface area contributed by atoms with Crippen molar-refractivity contribution in [1.82, 2.24) is 9.78 Å². The van der Waals surface area contributed by atoms with Crippen LogP contribution in [0, 0.1) is 6.92 Å². The van der Waals surface area contributed by atoms with Gasteiger partial charge in [0.2, 0.25) is 0 Å². The molecule has 0 aliphatic heterocycles. The van der Waals surface area contributed by atoms with Crippen LogP contribution in [0.25, 0.3) is 10.8 Å². The summed E-state index contributed by atoms with van der Waals surface area (Å²) in [4.78, 5) is 12.3. The molecule has 0 spiro atoms. The Labute approximate surface area is 111 Å². The van der Waals surface area contributed by atoms with Crippen molar-refractivity contribution < 1.29 is 0 Å². The number of fused-ring (bicyclic) bond motifs is 1. The minimum Gasteiger partial charge on any atom is -0.267 e. The van der Waals surface area contributed by atoms with Gasteiger partial charge in [0.25, 0.3) is 5.56 Å². The molecule has 0 amide bonds. The first kappa shape index (κ1) is 11.7. The third-order valence-corrected chi connectivity index (χ3v) is 3.18. The second kappa shape index (κ2) is 4.69. The third kappa shape index (κ3) is 2.27. The summed E-state index contributed by atoms with van der Waals surface area (Å²) < 4.78 is 1.51. The molecule has 2 aromatic carbocycles. The van der Waals surface area contributed by atoms with Crippen molar-refractivity contribution in [1.29, 1.82) is 0 Å². The van der Waals surface area contributed by atoms with Crippen molar-refractivity contribution in [3.8, 4) is 0 Å². The van der Waals surface area contributed by atoms with Crippen LogP contribution in [-0.4, -0.2) is 9.78 Å². The molecule has 0 unspecified atom stereocenters. The lowest BCUT2D eigenvalue weighted by molar-refractivity contribution is 0.647. The summed E-state index contributed by atoms with van der Waals surface area (Å²) >= 11 is 0. The van der Waals surface area contributed by atoms with Gasteiger partial charge in [0, 0.05) is 5.39 Å². The average molecular weight is 250 g/mol. The molecule has 94 valence electrons. The van der Waals surface area contributed by atoms with E-state index in [2.05, 4.69) is 11.2 Å². The monoisotopic (exact) mass is 250 g/mol. The Hall–Kier alpha value is -2.42. The van der Waals surface area contributed by atoms with Gasteiger partial charge in [0.15, 0.2) is 0 Å². The van der Waals surface area contributed by atoms with Crippen LogP contribution < -0.4 is 5.56 Å². The molecule has 0 radical (unpaired) electrons. The molecule has 3 nitrogen and oxygen atoms in total. The molecule has 0 aliphatic rings. The Bertz CT molecular complexity index is 790. The first-order chi connectivity index (χ1) is 9.24. The van der Waals surface area contributed by atoms with E-state index in [1.165, 1.54) is 10.2 Å². The Kier molecular flexibility index (Phi) is 2.88. The topological polar surface area (TPSA) is 34.9 Å². The largest absolute Gasteiger partial charge is 0.274 e. The Balaban J connectivity index is 2.06. The highest BCUT2D eigenvalue weighted by molar-refractivity contribution is 5.80. The van der Waals surface area contributed by atoms with Crippen molar-refractivity contribution in [2.45, 2.75) is 13.5 Å². The number of aryl methyl sites for hydroxylation is 1. The van der Waals surface area contributed by atoms with Gasteiger partial charge in [-0.05, 0) is 18.6 Å². The summed E-state index contributed by atoms with van der Waals surface area (Å²) in [6, 6.07) is 15.7. The quantitative estimate of drug-likeness (QED) is 0.701. The van der Waals surface area contributed by atoms with Gasteiger partial charge in [-0.25, -0.2) is 4.68 Å². The Morgan fingerprint density at radius 1 is 1.11 bits per heavy atom.